The molecule has 0 aliphatic heterocycles. The van der Waals surface area contributed by atoms with Crippen LogP contribution in [0, 0.1) is 6.92 Å². The van der Waals surface area contributed by atoms with Crippen molar-refractivity contribution >= 4 is 74.2 Å². The minimum absolute atomic E-state index is 0. The van der Waals surface area contributed by atoms with Gasteiger partial charge in [0.2, 0.25) is 5.91 Å². The van der Waals surface area contributed by atoms with Crippen LogP contribution >= 0.6 is 0 Å². The molecule has 3 aromatic rings. The Morgan fingerprint density at radius 1 is 0.886 bits per heavy atom. The van der Waals surface area contributed by atoms with Gasteiger partial charge in [0.15, 0.2) is 15.6 Å². The van der Waals surface area contributed by atoms with E-state index in [1.165, 1.54) is 6.92 Å². The molecule has 3 aromatic carbocycles. The number of amides is 1. The summed E-state index contributed by atoms with van der Waals surface area (Å²) in [6.45, 7) is 1.32. The second-order valence-corrected chi connectivity index (χ2v) is 14.6. The number of carbonyl (C=O) groups is 1. The Hall–Kier alpha value is -3.25. The van der Waals surface area contributed by atoms with Crippen molar-refractivity contribution in [1.82, 2.24) is 0 Å². The maximum absolute atomic E-state index is 12.6. The Balaban J connectivity index is 0. The Morgan fingerprint density at radius 3 is 2.02 bits per heavy atom. The number of phenolic OH excluding ortho intramolecular Hbond substituents is 2. The summed E-state index contributed by atoms with van der Waals surface area (Å²) in [4.78, 5) is 9.31. The van der Waals surface area contributed by atoms with Crippen LogP contribution in [0.1, 0.15) is 16.8 Å². The zero-order valence-corrected chi connectivity index (χ0v) is 26.2. The van der Waals surface area contributed by atoms with Gasteiger partial charge in [0.05, 0.1) is 27.8 Å². The van der Waals surface area contributed by atoms with E-state index in [1.807, 2.05) is 0 Å². The summed E-state index contributed by atoms with van der Waals surface area (Å²) in [5, 5.41) is 30.0. The molecule has 18 nitrogen and oxygen atoms in total. The molecule has 0 spiro atoms. The normalized spacial score (nSPS) is 12.8. The molecule has 1 amide bonds. The number of hydrogen-bond acceptors (Lipinski definition) is 14. The Bertz CT molecular complexity index is 2150. The van der Waals surface area contributed by atoms with E-state index in [9.17, 15) is 57.8 Å². The van der Waals surface area contributed by atoms with Gasteiger partial charge in [-0.1, -0.05) is 0 Å². The smallest absolute Gasteiger partial charge is 0.506 e. The molecule has 0 saturated heterocycles. The maximum Gasteiger partial charge on any atom is 1.00 e. The molecule has 0 aliphatic rings. The first-order chi connectivity index (χ1) is 19.5. The quantitative estimate of drug-likeness (QED) is 0.0985. The second-order valence-electron chi connectivity index (χ2n) is 8.65. The number of hydrogen-bond donors (Lipinski definition) is 6. The van der Waals surface area contributed by atoms with Crippen molar-refractivity contribution in [3.63, 3.8) is 0 Å². The summed E-state index contributed by atoms with van der Waals surface area (Å²) >= 11 is 0. The standard InChI is InChI=1S/C21H21N3O15S4.Cu/c1-10-5-14(16(26)9-17(10)40(28,29)4-3-39-43(36,37)38)23-24-20-18(42(33,34)35)7-12-6-13(41(30,31)32)8-15(22-11(2)25)19(12)21(20)27;/h5-9,26-27H,3-4H2,1-2H3,(H,22,25)(H,30,31,32)(H,33,34,35)(H,36,37,38);/p+3. The van der Waals surface area contributed by atoms with E-state index < -0.39 is 113 Å². The van der Waals surface area contributed by atoms with Gasteiger partial charge < -0.3 is 15.5 Å². The van der Waals surface area contributed by atoms with E-state index >= 15 is 0 Å². The number of nitrogens with one attached hydrogen (secondary N) is 1. The van der Waals surface area contributed by atoms with E-state index in [4.69, 9.17) is 4.55 Å². The van der Waals surface area contributed by atoms with Crippen molar-refractivity contribution in [3.05, 3.63) is 35.9 Å². The van der Waals surface area contributed by atoms with Crippen LogP contribution in [0.5, 0.6) is 11.5 Å². The van der Waals surface area contributed by atoms with Crippen LogP contribution in [0.25, 0.3) is 10.8 Å². The van der Waals surface area contributed by atoms with Crippen LogP contribution in [0.15, 0.2) is 55.2 Å². The molecule has 0 fully saturated rings. The van der Waals surface area contributed by atoms with Crippen molar-refractivity contribution in [2.24, 2.45) is 10.2 Å². The Kier molecular flexibility index (Phi) is 10.9. The molecule has 0 heterocycles. The molecule has 0 unspecified atom stereocenters. The van der Waals surface area contributed by atoms with Crippen molar-refractivity contribution in [3.8, 4) is 11.5 Å². The summed E-state index contributed by atoms with van der Waals surface area (Å²) in [5.41, 5.74) is -1.91. The molecule has 245 valence electrons. The number of anilines is 1. The summed E-state index contributed by atoms with van der Waals surface area (Å²) in [5.74, 6) is -3.58. The number of aryl methyl sites for hydroxylation is 1. The van der Waals surface area contributed by atoms with Crippen LogP contribution in [0.3, 0.4) is 0 Å². The summed E-state index contributed by atoms with van der Waals surface area (Å²) in [6, 6.07) is 3.83. The fraction of sp³-hybridized carbons (Fsp3) is 0.190. The number of phenols is 2. The van der Waals surface area contributed by atoms with Crippen molar-refractivity contribution < 1.29 is 87.9 Å². The Morgan fingerprint density at radius 2 is 1.50 bits per heavy atom. The first kappa shape index (κ1) is 36.9. The van der Waals surface area contributed by atoms with Gasteiger partial charge >= 0.3 is 14.7 Å². The molecule has 0 bridgehead atoms. The van der Waals surface area contributed by atoms with E-state index in [2.05, 4.69) is 19.7 Å². The van der Waals surface area contributed by atoms with Gasteiger partial charge in [-0.05, 0) is 42.1 Å². The van der Waals surface area contributed by atoms with Gasteiger partial charge in [-0.2, -0.15) is 25.3 Å². The maximum atomic E-state index is 12.6. The molecule has 44 heavy (non-hydrogen) atoms. The molecule has 23 heteroatoms. The van der Waals surface area contributed by atoms with Gasteiger partial charge in [0.1, 0.15) is 22.0 Å². The molecule has 0 aliphatic carbocycles. The van der Waals surface area contributed by atoms with Gasteiger partial charge in [0, 0.05) is 35.4 Å². The number of nitrogens with zero attached hydrogens (tertiary/aromatic N) is 2. The Labute approximate surface area is 265 Å². The number of azo groups is 1. The molecule has 3 rings (SSSR count). The van der Waals surface area contributed by atoms with E-state index in [0.29, 0.717) is 12.1 Å². The fourth-order valence-corrected chi connectivity index (χ4v) is 6.69. The SMILES string of the molecule is CC(=O)Nc1cc(S(=O)(=O)O)cc2cc(S(=O)(=O)O)c(N=Nc3cc(C)c(S(=O)(=O)CCOS(=O)(=O)O)cc3O)c(O)c12.[Cu].[H+].[H+].[H+]. The number of benzene rings is 3. The third-order valence-electron chi connectivity index (χ3n) is 5.46. The number of sulfone groups is 1. The average molecular weight is 750 g/mol. The van der Waals surface area contributed by atoms with Crippen LogP contribution in [-0.2, 0) is 66.5 Å². The zero-order valence-electron chi connectivity index (χ0n) is 24.9. The molecule has 0 atom stereocenters. The number of carbonyl (C=O) groups excluding carboxylic acids is 1. The topological polar surface area (TPSA) is 301 Å². The number of fused-ring (bicyclic) bond motifs is 1. The largest absolute Gasteiger partial charge is 1.00 e. The molecule has 1 radical (unpaired) electrons. The number of aromatic hydroxyl groups is 2. The van der Waals surface area contributed by atoms with Crippen molar-refractivity contribution in [2.75, 3.05) is 17.7 Å². The van der Waals surface area contributed by atoms with Crippen LogP contribution < -0.4 is 5.32 Å². The summed E-state index contributed by atoms with van der Waals surface area (Å²) in [6.07, 6.45) is 0. The fourth-order valence-electron chi connectivity index (χ4n) is 3.73. The van der Waals surface area contributed by atoms with Crippen molar-refractivity contribution in [2.45, 2.75) is 28.5 Å². The monoisotopic (exact) mass is 749 g/mol. The first-order valence-electron chi connectivity index (χ1n) is 11.2. The molecule has 0 saturated carbocycles. The average Bonchev–Trinajstić information content (AvgIpc) is 2.82. The van der Waals surface area contributed by atoms with Gasteiger partial charge in [-0.3, -0.25) is 18.5 Å². The molecule has 6 N–H and O–H groups in total. The van der Waals surface area contributed by atoms with Crippen molar-refractivity contribution in [1.29, 1.82) is 0 Å². The number of rotatable bonds is 10. The minimum atomic E-state index is -5.23. The predicted molar refractivity (Wildman–Crippen MR) is 149 cm³/mol. The van der Waals surface area contributed by atoms with Gasteiger partial charge in [-0.25, -0.2) is 12.6 Å². The van der Waals surface area contributed by atoms with Crippen LogP contribution in [0.2, 0.25) is 0 Å². The van der Waals surface area contributed by atoms with Crippen LogP contribution in [-0.4, -0.2) is 75.8 Å². The molecular weight excluding hydrogens is 726 g/mol. The van der Waals surface area contributed by atoms with Gasteiger partial charge in [-0.15, -0.1) is 10.2 Å². The third kappa shape index (κ3) is 8.68. The van der Waals surface area contributed by atoms with Crippen LogP contribution in [0.4, 0.5) is 17.1 Å². The predicted octanol–water partition coefficient (Wildman–Crippen LogP) is 2.35. The zero-order chi connectivity index (χ0) is 32.7. The minimum Gasteiger partial charge on any atom is -0.506 e. The van der Waals surface area contributed by atoms with E-state index in [0.717, 1.165) is 25.1 Å². The summed E-state index contributed by atoms with van der Waals surface area (Å²) in [7, 11) is -19.3. The molecular formula is C21H24CuN3O15S4+3. The second kappa shape index (κ2) is 13.0. The van der Waals surface area contributed by atoms with E-state index in [1.54, 1.807) is 0 Å². The van der Waals surface area contributed by atoms with Gasteiger partial charge in [0.25, 0.3) is 20.2 Å². The van der Waals surface area contributed by atoms with E-state index in [-0.39, 0.29) is 26.9 Å². The first-order valence-corrected chi connectivity index (χ1v) is 17.1. The third-order valence-corrected chi connectivity index (χ3v) is 9.44. The molecule has 0 aromatic heterocycles. The summed E-state index contributed by atoms with van der Waals surface area (Å²) < 4.78 is 126.